The summed E-state index contributed by atoms with van der Waals surface area (Å²) in [6.45, 7) is 0.751. The molecule has 1 unspecified atom stereocenters. The lowest BCUT2D eigenvalue weighted by Crippen LogP contribution is -2.54. The van der Waals surface area contributed by atoms with E-state index in [2.05, 4.69) is 5.32 Å². The van der Waals surface area contributed by atoms with Gasteiger partial charge in [-0.15, -0.1) is 0 Å². The highest BCUT2D eigenvalue weighted by molar-refractivity contribution is 7.90. The van der Waals surface area contributed by atoms with Crippen LogP contribution in [0.4, 0.5) is 11.4 Å². The predicted octanol–water partition coefficient (Wildman–Crippen LogP) is 3.26. The molecule has 0 aliphatic carbocycles. The fraction of sp³-hybridized carbons (Fsp3) is 0.167. The molecule has 0 bridgehead atoms. The number of sulfone groups is 1. The smallest absolute Gasteiger partial charge is 0.247 e. The van der Waals surface area contributed by atoms with Crippen molar-refractivity contribution < 1.29 is 13.2 Å². The Balaban J connectivity index is 1.48. The maximum absolute atomic E-state index is 12.8. The summed E-state index contributed by atoms with van der Waals surface area (Å²) in [7, 11) is -3.36. The van der Waals surface area contributed by atoms with Gasteiger partial charge in [0.2, 0.25) is 5.91 Å². The first-order valence-electron chi connectivity index (χ1n) is 10.2. The molecule has 1 saturated heterocycles. The lowest BCUT2D eigenvalue weighted by molar-refractivity contribution is -0.118. The Morgan fingerprint density at radius 1 is 1.06 bits per heavy atom. The summed E-state index contributed by atoms with van der Waals surface area (Å²) in [4.78, 5) is 15.1. The molecule has 0 radical (unpaired) electrons. The number of hydrogen-bond acceptors (Lipinski definition) is 5. The van der Waals surface area contributed by atoms with Crippen LogP contribution in [0.15, 0.2) is 77.7 Å². The first-order valence-corrected chi connectivity index (χ1v) is 12.0. The molecule has 3 aromatic carbocycles. The van der Waals surface area contributed by atoms with Gasteiger partial charge in [-0.2, -0.15) is 0 Å². The third kappa shape index (κ3) is 4.36. The molecule has 1 amide bonds. The van der Waals surface area contributed by atoms with Crippen LogP contribution >= 0.6 is 0 Å². The average molecular weight is 449 g/mol. The number of anilines is 2. The quantitative estimate of drug-likeness (QED) is 0.395. The number of amidine groups is 1. The van der Waals surface area contributed by atoms with E-state index in [9.17, 15) is 13.2 Å². The number of amides is 1. The van der Waals surface area contributed by atoms with E-state index in [0.29, 0.717) is 16.8 Å². The van der Waals surface area contributed by atoms with Gasteiger partial charge in [0, 0.05) is 35.3 Å². The van der Waals surface area contributed by atoms with Gasteiger partial charge in [-0.1, -0.05) is 42.5 Å². The zero-order chi connectivity index (χ0) is 22.9. The van der Waals surface area contributed by atoms with Crippen LogP contribution in [0.5, 0.6) is 0 Å². The molecule has 4 N–H and O–H groups in total. The summed E-state index contributed by atoms with van der Waals surface area (Å²) >= 11 is 0. The molecule has 0 spiro atoms. The molecular weight excluding hydrogens is 424 g/mol. The third-order valence-corrected chi connectivity index (χ3v) is 6.72. The number of nitrogens with one attached hydrogen (secondary N) is 2. The van der Waals surface area contributed by atoms with E-state index in [-0.39, 0.29) is 22.7 Å². The van der Waals surface area contributed by atoms with Crippen LogP contribution in [-0.4, -0.2) is 39.0 Å². The zero-order valence-corrected chi connectivity index (χ0v) is 18.4. The zero-order valence-electron chi connectivity index (χ0n) is 17.6. The first-order chi connectivity index (χ1) is 15.2. The fourth-order valence-electron chi connectivity index (χ4n) is 3.81. The number of nitrogens with two attached hydrogens (primary N) is 1. The van der Waals surface area contributed by atoms with Crippen LogP contribution in [0.25, 0.3) is 11.1 Å². The van der Waals surface area contributed by atoms with Crippen LogP contribution in [0, 0.1) is 5.41 Å². The Morgan fingerprint density at radius 3 is 2.41 bits per heavy atom. The molecule has 1 fully saturated rings. The number of rotatable bonds is 6. The van der Waals surface area contributed by atoms with Gasteiger partial charge in [-0.3, -0.25) is 10.2 Å². The molecule has 0 saturated carbocycles. The van der Waals surface area contributed by atoms with Gasteiger partial charge in [-0.05, 0) is 42.3 Å². The summed E-state index contributed by atoms with van der Waals surface area (Å²) in [5.41, 5.74) is 9.09. The highest BCUT2D eigenvalue weighted by Crippen LogP contribution is 2.30. The summed E-state index contributed by atoms with van der Waals surface area (Å²) in [6.07, 6.45) is 1.92. The Kier molecular flexibility index (Phi) is 5.71. The van der Waals surface area contributed by atoms with Gasteiger partial charge >= 0.3 is 0 Å². The molecule has 3 aromatic rings. The van der Waals surface area contributed by atoms with Crippen molar-refractivity contribution in [2.24, 2.45) is 5.73 Å². The molecule has 1 atom stereocenters. The fourth-order valence-corrected chi connectivity index (χ4v) is 4.72. The van der Waals surface area contributed by atoms with Gasteiger partial charge in [0.15, 0.2) is 9.84 Å². The molecule has 1 aliphatic rings. The molecule has 7 nitrogen and oxygen atoms in total. The van der Waals surface area contributed by atoms with E-state index < -0.39 is 9.84 Å². The molecule has 32 heavy (non-hydrogen) atoms. The largest absolute Gasteiger partial charge is 0.384 e. The Bertz CT molecular complexity index is 1290. The number of carbonyl (C=O) groups is 1. The Morgan fingerprint density at radius 2 is 1.78 bits per heavy atom. The van der Waals surface area contributed by atoms with Gasteiger partial charge in [0.1, 0.15) is 11.9 Å². The number of benzene rings is 3. The molecule has 1 heterocycles. The van der Waals surface area contributed by atoms with Gasteiger partial charge in [-0.25, -0.2) is 8.42 Å². The van der Waals surface area contributed by atoms with E-state index in [1.165, 1.54) is 6.26 Å². The molecule has 4 rings (SSSR count). The normalized spacial score (nSPS) is 15.7. The van der Waals surface area contributed by atoms with Crippen LogP contribution in [0.1, 0.15) is 12.0 Å². The predicted molar refractivity (Wildman–Crippen MR) is 127 cm³/mol. The summed E-state index contributed by atoms with van der Waals surface area (Å²) < 4.78 is 24.2. The van der Waals surface area contributed by atoms with Gasteiger partial charge in [0.25, 0.3) is 0 Å². The van der Waals surface area contributed by atoms with Crippen molar-refractivity contribution in [2.75, 3.05) is 23.0 Å². The van der Waals surface area contributed by atoms with Crippen LogP contribution in [0.3, 0.4) is 0 Å². The van der Waals surface area contributed by atoms with Crippen molar-refractivity contribution in [3.63, 3.8) is 0 Å². The van der Waals surface area contributed by atoms with Crippen molar-refractivity contribution in [1.82, 2.24) is 0 Å². The second-order valence-electron chi connectivity index (χ2n) is 7.80. The van der Waals surface area contributed by atoms with Gasteiger partial charge < -0.3 is 16.0 Å². The second-order valence-corrected chi connectivity index (χ2v) is 9.78. The second kappa shape index (κ2) is 8.47. The number of hydrogen-bond donors (Lipinski definition) is 3. The molecule has 164 valence electrons. The SMILES string of the molecule is CS(=O)(=O)c1ccccc1-c1ccc(NC(=O)C2CCN2c2cccc(C(=N)N)c2)cc1. The van der Waals surface area contributed by atoms with Crippen molar-refractivity contribution >= 4 is 33.0 Å². The highest BCUT2D eigenvalue weighted by Gasteiger charge is 2.34. The highest BCUT2D eigenvalue weighted by atomic mass is 32.2. The topological polar surface area (TPSA) is 116 Å². The van der Waals surface area contributed by atoms with Crippen LogP contribution < -0.4 is 16.0 Å². The molecule has 0 aromatic heterocycles. The summed E-state index contributed by atoms with van der Waals surface area (Å²) in [6, 6.07) is 21.0. The van der Waals surface area contributed by atoms with Crippen molar-refractivity contribution in [3.8, 4) is 11.1 Å². The van der Waals surface area contributed by atoms with E-state index in [1.54, 1.807) is 54.6 Å². The van der Waals surface area contributed by atoms with Crippen LogP contribution in [-0.2, 0) is 14.6 Å². The van der Waals surface area contributed by atoms with Crippen LogP contribution in [0.2, 0.25) is 0 Å². The Hall–Kier alpha value is -3.65. The molecular formula is C24H24N4O3S. The molecule has 1 aliphatic heterocycles. The number of carbonyl (C=O) groups excluding carboxylic acids is 1. The van der Waals surface area contributed by atoms with E-state index in [0.717, 1.165) is 24.2 Å². The maximum atomic E-state index is 12.8. The lowest BCUT2D eigenvalue weighted by Gasteiger charge is -2.41. The van der Waals surface area contributed by atoms with Crippen molar-refractivity contribution in [2.45, 2.75) is 17.4 Å². The lowest BCUT2D eigenvalue weighted by atomic mass is 9.99. The van der Waals surface area contributed by atoms with E-state index in [4.69, 9.17) is 11.1 Å². The standard InChI is InChI=1S/C24H24N4O3S/c1-32(30,31)22-8-3-2-7-20(22)16-9-11-18(12-10-16)27-24(29)21-13-14-28(21)19-6-4-5-17(15-19)23(25)26/h2-12,15,21H,13-14H2,1H3,(H3,25,26)(H,27,29). The first kappa shape index (κ1) is 21.6. The average Bonchev–Trinajstić information content (AvgIpc) is 2.73. The monoisotopic (exact) mass is 448 g/mol. The molecule has 8 heteroatoms. The summed E-state index contributed by atoms with van der Waals surface area (Å²) in [5, 5.41) is 10.5. The van der Waals surface area contributed by atoms with Crippen molar-refractivity contribution in [1.29, 1.82) is 5.41 Å². The maximum Gasteiger partial charge on any atom is 0.247 e. The van der Waals surface area contributed by atoms with E-state index >= 15 is 0 Å². The van der Waals surface area contributed by atoms with E-state index in [1.807, 2.05) is 23.1 Å². The minimum atomic E-state index is -3.36. The summed E-state index contributed by atoms with van der Waals surface area (Å²) in [5.74, 6) is -0.125. The minimum absolute atomic E-state index is 0.00842. The minimum Gasteiger partial charge on any atom is -0.384 e. The van der Waals surface area contributed by atoms with Crippen molar-refractivity contribution in [3.05, 3.63) is 78.4 Å². The Labute approximate surface area is 187 Å². The third-order valence-electron chi connectivity index (χ3n) is 5.56. The number of nitrogens with zero attached hydrogens (tertiary/aromatic N) is 1. The van der Waals surface area contributed by atoms with Gasteiger partial charge in [0.05, 0.1) is 4.90 Å². The number of nitrogen functional groups attached to an aromatic ring is 1.